The summed E-state index contributed by atoms with van der Waals surface area (Å²) in [5, 5.41) is 3.21. The molecule has 4 aliphatic rings. The average Bonchev–Trinajstić information content (AvgIpc) is 3.36. The maximum atomic E-state index is 12.6. The fourth-order valence-corrected chi connectivity index (χ4v) is 5.23. The molecule has 2 amide bonds. The highest BCUT2D eigenvalue weighted by molar-refractivity contribution is 5.75. The van der Waals surface area contributed by atoms with Gasteiger partial charge in [-0.2, -0.15) is 0 Å². The summed E-state index contributed by atoms with van der Waals surface area (Å²) in [4.78, 5) is 26.6. The number of aromatic nitrogens is 2. The number of hydrogen-bond donors (Lipinski definition) is 1. The third-order valence-electron chi connectivity index (χ3n) is 6.64. The van der Waals surface area contributed by atoms with Crippen LogP contribution in [0.3, 0.4) is 0 Å². The predicted octanol–water partition coefficient (Wildman–Crippen LogP) is 1.53. The number of nitrogens with one attached hydrogen (secondary N) is 1. The molecule has 3 saturated heterocycles. The van der Waals surface area contributed by atoms with Gasteiger partial charge in [0.15, 0.2) is 0 Å². The number of fused-ring (bicyclic) bond motifs is 2. The molecule has 7 nitrogen and oxygen atoms in total. The lowest BCUT2D eigenvalue weighted by molar-refractivity contribution is 0.0784. The van der Waals surface area contributed by atoms with E-state index in [9.17, 15) is 4.79 Å². The van der Waals surface area contributed by atoms with E-state index in [1.54, 1.807) is 0 Å². The number of anilines is 1. The molecule has 0 bridgehead atoms. The van der Waals surface area contributed by atoms with Crippen LogP contribution in [0, 0.1) is 18.8 Å². The van der Waals surface area contributed by atoms with Crippen LogP contribution in [0.15, 0.2) is 0 Å². The molecule has 0 spiro atoms. The lowest BCUT2D eigenvalue weighted by Gasteiger charge is -2.27. The van der Waals surface area contributed by atoms with Crippen molar-refractivity contribution in [3.63, 3.8) is 0 Å². The van der Waals surface area contributed by atoms with E-state index in [4.69, 9.17) is 9.72 Å². The Hall–Kier alpha value is -1.89. The number of aryl methyl sites for hydroxylation is 2. The summed E-state index contributed by atoms with van der Waals surface area (Å²) in [6.07, 6.45) is 5.25. The SMILES string of the molecule is Cc1nc2c(c(N3CC4CN(C(=O)NC5CCOCC5)CC4C3)n1)CCC2. The zero-order chi connectivity index (χ0) is 18.4. The summed E-state index contributed by atoms with van der Waals surface area (Å²) in [6, 6.07) is 0.386. The molecule has 0 radical (unpaired) electrons. The van der Waals surface area contributed by atoms with Crippen molar-refractivity contribution < 1.29 is 9.53 Å². The highest BCUT2D eigenvalue weighted by Gasteiger charge is 2.43. The van der Waals surface area contributed by atoms with Gasteiger partial charge in [-0.1, -0.05) is 0 Å². The van der Waals surface area contributed by atoms with E-state index in [0.29, 0.717) is 11.8 Å². The third-order valence-corrected chi connectivity index (χ3v) is 6.64. The molecule has 0 aromatic carbocycles. The molecule has 4 heterocycles. The quantitative estimate of drug-likeness (QED) is 0.854. The Morgan fingerprint density at radius 1 is 1.07 bits per heavy atom. The van der Waals surface area contributed by atoms with Gasteiger partial charge in [-0.25, -0.2) is 14.8 Å². The summed E-state index contributed by atoms with van der Waals surface area (Å²) >= 11 is 0. The molecular formula is C20H29N5O2. The summed E-state index contributed by atoms with van der Waals surface area (Å²) < 4.78 is 5.38. The second kappa shape index (κ2) is 6.93. The van der Waals surface area contributed by atoms with Crippen LogP contribution in [0.25, 0.3) is 0 Å². The summed E-state index contributed by atoms with van der Waals surface area (Å²) in [5.74, 6) is 3.17. The molecule has 1 aromatic heterocycles. The van der Waals surface area contributed by atoms with Crippen LogP contribution in [0.5, 0.6) is 0 Å². The Labute approximate surface area is 160 Å². The molecular weight excluding hydrogens is 342 g/mol. The fraction of sp³-hybridized carbons (Fsp3) is 0.750. The van der Waals surface area contributed by atoms with E-state index in [0.717, 1.165) is 70.9 Å². The average molecular weight is 371 g/mol. The van der Waals surface area contributed by atoms with E-state index >= 15 is 0 Å². The second-order valence-electron chi connectivity index (χ2n) is 8.54. The molecule has 1 aromatic rings. The van der Waals surface area contributed by atoms with Crippen molar-refractivity contribution >= 4 is 11.8 Å². The Morgan fingerprint density at radius 3 is 2.56 bits per heavy atom. The Balaban J connectivity index is 1.22. The van der Waals surface area contributed by atoms with Crippen molar-refractivity contribution in [1.82, 2.24) is 20.2 Å². The first-order valence-electron chi connectivity index (χ1n) is 10.4. The second-order valence-corrected chi connectivity index (χ2v) is 8.54. The van der Waals surface area contributed by atoms with Crippen LogP contribution in [0.1, 0.15) is 36.3 Å². The minimum atomic E-state index is 0.113. The molecule has 146 valence electrons. The van der Waals surface area contributed by atoms with Gasteiger partial charge >= 0.3 is 6.03 Å². The molecule has 3 fully saturated rings. The van der Waals surface area contributed by atoms with Crippen LogP contribution in [-0.2, 0) is 17.6 Å². The van der Waals surface area contributed by atoms with E-state index in [1.807, 2.05) is 11.8 Å². The molecule has 7 heteroatoms. The minimum Gasteiger partial charge on any atom is -0.381 e. The van der Waals surface area contributed by atoms with E-state index < -0.39 is 0 Å². The van der Waals surface area contributed by atoms with Gasteiger partial charge in [-0.05, 0) is 39.0 Å². The minimum absolute atomic E-state index is 0.113. The Bertz CT molecular complexity index is 719. The van der Waals surface area contributed by atoms with Gasteiger partial charge in [0.1, 0.15) is 11.6 Å². The fourth-order valence-electron chi connectivity index (χ4n) is 5.23. The highest BCUT2D eigenvalue weighted by Crippen LogP contribution is 2.37. The molecule has 2 atom stereocenters. The Kier molecular flexibility index (Phi) is 4.42. The van der Waals surface area contributed by atoms with Crippen LogP contribution in [0.4, 0.5) is 10.6 Å². The van der Waals surface area contributed by atoms with E-state index in [1.165, 1.54) is 23.5 Å². The number of amides is 2. The molecule has 2 unspecified atom stereocenters. The molecule has 1 aliphatic carbocycles. The van der Waals surface area contributed by atoms with E-state index in [2.05, 4.69) is 15.2 Å². The number of carbonyl (C=O) groups is 1. The first kappa shape index (κ1) is 17.2. The number of ether oxygens (including phenoxy) is 1. The van der Waals surface area contributed by atoms with Gasteiger partial charge in [0.2, 0.25) is 0 Å². The Morgan fingerprint density at radius 2 is 1.81 bits per heavy atom. The molecule has 0 saturated carbocycles. The molecule has 27 heavy (non-hydrogen) atoms. The zero-order valence-corrected chi connectivity index (χ0v) is 16.1. The number of likely N-dealkylation sites (tertiary alicyclic amines) is 1. The van der Waals surface area contributed by atoms with Gasteiger partial charge in [-0.3, -0.25) is 0 Å². The van der Waals surface area contributed by atoms with Crippen molar-refractivity contribution in [2.45, 2.75) is 45.1 Å². The van der Waals surface area contributed by atoms with Crippen LogP contribution in [-0.4, -0.2) is 66.3 Å². The first-order chi connectivity index (χ1) is 13.2. The summed E-state index contributed by atoms with van der Waals surface area (Å²) in [5.41, 5.74) is 2.63. The monoisotopic (exact) mass is 371 g/mol. The van der Waals surface area contributed by atoms with Crippen LogP contribution in [0.2, 0.25) is 0 Å². The maximum Gasteiger partial charge on any atom is 0.317 e. The maximum absolute atomic E-state index is 12.6. The van der Waals surface area contributed by atoms with Gasteiger partial charge in [-0.15, -0.1) is 0 Å². The van der Waals surface area contributed by atoms with Crippen molar-refractivity contribution in [1.29, 1.82) is 0 Å². The molecule has 1 N–H and O–H groups in total. The lowest BCUT2D eigenvalue weighted by Crippen LogP contribution is -2.46. The topological polar surface area (TPSA) is 70.6 Å². The first-order valence-corrected chi connectivity index (χ1v) is 10.4. The zero-order valence-electron chi connectivity index (χ0n) is 16.1. The number of nitrogens with zero attached hydrogens (tertiary/aromatic N) is 4. The van der Waals surface area contributed by atoms with Crippen molar-refractivity contribution in [3.8, 4) is 0 Å². The molecule has 3 aliphatic heterocycles. The van der Waals surface area contributed by atoms with Crippen molar-refractivity contribution in [2.24, 2.45) is 11.8 Å². The standard InChI is InChI=1S/C20H29N5O2/c1-13-21-18-4-2-3-17(18)19(22-13)24-9-14-11-25(12-15(14)10-24)20(26)23-16-5-7-27-8-6-16/h14-16H,2-12H2,1H3,(H,23,26). The van der Waals surface area contributed by atoms with Gasteiger partial charge in [0.25, 0.3) is 0 Å². The number of hydrogen-bond acceptors (Lipinski definition) is 5. The number of carbonyl (C=O) groups excluding carboxylic acids is 1. The lowest BCUT2D eigenvalue weighted by atomic mass is 10.0. The largest absolute Gasteiger partial charge is 0.381 e. The molecule has 5 rings (SSSR count). The van der Waals surface area contributed by atoms with E-state index in [-0.39, 0.29) is 12.1 Å². The van der Waals surface area contributed by atoms with Crippen molar-refractivity contribution in [2.75, 3.05) is 44.3 Å². The smallest absolute Gasteiger partial charge is 0.317 e. The summed E-state index contributed by atoms with van der Waals surface area (Å²) in [7, 11) is 0. The van der Waals surface area contributed by atoms with Crippen molar-refractivity contribution in [3.05, 3.63) is 17.1 Å². The van der Waals surface area contributed by atoms with Gasteiger partial charge in [0, 0.05) is 68.5 Å². The highest BCUT2D eigenvalue weighted by atomic mass is 16.5. The predicted molar refractivity (Wildman–Crippen MR) is 102 cm³/mol. The van der Waals surface area contributed by atoms with Gasteiger partial charge < -0.3 is 19.9 Å². The third kappa shape index (κ3) is 3.26. The van der Waals surface area contributed by atoms with Crippen LogP contribution >= 0.6 is 0 Å². The van der Waals surface area contributed by atoms with Crippen LogP contribution < -0.4 is 10.2 Å². The van der Waals surface area contributed by atoms with Gasteiger partial charge in [0.05, 0.1) is 0 Å². The number of urea groups is 1. The normalized spacial score (nSPS) is 27.7. The summed E-state index contributed by atoms with van der Waals surface area (Å²) in [6.45, 7) is 7.26. The number of rotatable bonds is 2.